The minimum atomic E-state index is -0.207. The Morgan fingerprint density at radius 3 is 3.08 bits per heavy atom. The summed E-state index contributed by atoms with van der Waals surface area (Å²) in [5, 5.41) is 0. The maximum atomic E-state index is 5.83. The van der Waals surface area contributed by atoms with Crippen LogP contribution in [0.25, 0.3) is 0 Å². The molecule has 72 valence electrons. The summed E-state index contributed by atoms with van der Waals surface area (Å²) in [5.74, 6) is 1.52. The van der Waals surface area contributed by atoms with Gasteiger partial charge in [0, 0.05) is 18.9 Å². The fraction of sp³-hybridized carbons (Fsp3) is 0.700. The lowest BCUT2D eigenvalue weighted by Gasteiger charge is -2.37. The third kappa shape index (κ3) is 1.18. The van der Waals surface area contributed by atoms with Crippen LogP contribution >= 0.6 is 0 Å². The molecule has 0 N–H and O–H groups in total. The molecule has 3 heteroatoms. The zero-order valence-corrected chi connectivity index (χ0v) is 8.45. The van der Waals surface area contributed by atoms with Gasteiger partial charge in [-0.05, 0) is 12.8 Å². The van der Waals surface area contributed by atoms with Crippen LogP contribution in [0.3, 0.4) is 0 Å². The lowest BCUT2D eigenvalue weighted by molar-refractivity contribution is -0.0987. The number of rotatable bonds is 1. The first-order valence-electron chi connectivity index (χ1n) is 4.80. The fourth-order valence-corrected chi connectivity index (χ4v) is 1.77. The van der Waals surface area contributed by atoms with Crippen LogP contribution in [0.2, 0.25) is 0 Å². The number of hydrogen-bond donors (Lipinski definition) is 0. The van der Waals surface area contributed by atoms with Crippen molar-refractivity contribution in [2.75, 3.05) is 6.61 Å². The number of imidazole rings is 1. The van der Waals surface area contributed by atoms with E-state index in [4.69, 9.17) is 4.74 Å². The molecule has 0 aromatic carbocycles. The molecule has 0 fully saturated rings. The Bertz CT molecular complexity index is 306. The minimum absolute atomic E-state index is 0.207. The van der Waals surface area contributed by atoms with Gasteiger partial charge in [0.05, 0.1) is 6.61 Å². The Labute approximate surface area is 78.7 Å². The van der Waals surface area contributed by atoms with Gasteiger partial charge in [0.2, 0.25) is 0 Å². The van der Waals surface area contributed by atoms with Crippen molar-refractivity contribution in [1.82, 2.24) is 9.55 Å². The Kier molecular flexibility index (Phi) is 1.91. The maximum Gasteiger partial charge on any atom is 0.141 e. The third-order valence-corrected chi connectivity index (χ3v) is 3.00. The summed E-state index contributed by atoms with van der Waals surface area (Å²) >= 11 is 0. The highest BCUT2D eigenvalue weighted by Gasteiger charge is 2.37. The highest BCUT2D eigenvalue weighted by molar-refractivity contribution is 5.07. The molecule has 1 unspecified atom stereocenters. The quantitative estimate of drug-likeness (QED) is 0.658. The highest BCUT2D eigenvalue weighted by atomic mass is 16.5. The van der Waals surface area contributed by atoms with Crippen LogP contribution in [0.4, 0.5) is 0 Å². The van der Waals surface area contributed by atoms with E-state index in [1.54, 1.807) is 0 Å². The van der Waals surface area contributed by atoms with Gasteiger partial charge in [-0.2, -0.15) is 0 Å². The van der Waals surface area contributed by atoms with Gasteiger partial charge in [-0.25, -0.2) is 4.98 Å². The molecule has 0 saturated heterocycles. The van der Waals surface area contributed by atoms with Crippen molar-refractivity contribution < 1.29 is 4.74 Å². The molecule has 0 aliphatic carbocycles. The first-order chi connectivity index (χ1) is 6.14. The molecule has 0 bridgehead atoms. The summed E-state index contributed by atoms with van der Waals surface area (Å²) < 4.78 is 8.01. The summed E-state index contributed by atoms with van der Waals surface area (Å²) in [5.41, 5.74) is -0.207. The molecule has 0 radical (unpaired) electrons. The molecular formula is C10H16N2O. The van der Waals surface area contributed by atoms with Gasteiger partial charge in [-0.3, -0.25) is 0 Å². The smallest absolute Gasteiger partial charge is 0.141 e. The number of fused-ring (bicyclic) bond motifs is 1. The fourth-order valence-electron chi connectivity index (χ4n) is 1.77. The molecule has 0 saturated carbocycles. The Morgan fingerprint density at radius 2 is 2.38 bits per heavy atom. The van der Waals surface area contributed by atoms with E-state index in [0.717, 1.165) is 19.0 Å². The van der Waals surface area contributed by atoms with E-state index in [1.807, 2.05) is 12.4 Å². The monoisotopic (exact) mass is 180 g/mol. The van der Waals surface area contributed by atoms with Crippen LogP contribution in [0.5, 0.6) is 0 Å². The van der Waals surface area contributed by atoms with Gasteiger partial charge in [0.25, 0.3) is 0 Å². The molecular weight excluding hydrogens is 164 g/mol. The van der Waals surface area contributed by atoms with E-state index in [2.05, 4.69) is 30.3 Å². The first kappa shape index (κ1) is 8.75. The number of nitrogens with zero attached hydrogens (tertiary/aromatic N) is 2. The average molecular weight is 180 g/mol. The average Bonchev–Trinajstić information content (AvgIpc) is 2.53. The summed E-state index contributed by atoms with van der Waals surface area (Å²) in [6, 6.07) is 0. The molecule has 2 heterocycles. The summed E-state index contributed by atoms with van der Waals surface area (Å²) in [6.07, 6.45) is 3.88. The molecule has 0 spiro atoms. The van der Waals surface area contributed by atoms with E-state index in [9.17, 15) is 0 Å². The Balaban J connectivity index is 2.45. The van der Waals surface area contributed by atoms with Gasteiger partial charge in [0.1, 0.15) is 11.4 Å². The molecule has 2 rings (SSSR count). The zero-order chi connectivity index (χ0) is 9.47. The zero-order valence-electron chi connectivity index (χ0n) is 8.45. The van der Waals surface area contributed by atoms with Crippen LogP contribution in [-0.2, 0) is 16.9 Å². The predicted molar refractivity (Wildman–Crippen MR) is 50.4 cm³/mol. The lowest BCUT2D eigenvalue weighted by atomic mass is 9.90. The van der Waals surface area contributed by atoms with Crippen LogP contribution in [0.15, 0.2) is 12.4 Å². The van der Waals surface area contributed by atoms with Gasteiger partial charge in [-0.1, -0.05) is 13.8 Å². The Morgan fingerprint density at radius 1 is 1.62 bits per heavy atom. The summed E-state index contributed by atoms with van der Waals surface area (Å²) in [4.78, 5) is 4.37. The highest BCUT2D eigenvalue weighted by Crippen LogP contribution is 2.34. The van der Waals surface area contributed by atoms with Crippen molar-refractivity contribution >= 4 is 0 Å². The van der Waals surface area contributed by atoms with E-state index < -0.39 is 0 Å². The molecule has 1 aromatic rings. The van der Waals surface area contributed by atoms with E-state index >= 15 is 0 Å². The number of ether oxygens (including phenoxy) is 1. The van der Waals surface area contributed by atoms with Gasteiger partial charge in [0.15, 0.2) is 0 Å². The molecule has 1 aromatic heterocycles. The largest absolute Gasteiger partial charge is 0.365 e. The van der Waals surface area contributed by atoms with Gasteiger partial charge < -0.3 is 9.30 Å². The van der Waals surface area contributed by atoms with E-state index in [1.165, 1.54) is 0 Å². The number of hydrogen-bond acceptors (Lipinski definition) is 2. The third-order valence-electron chi connectivity index (χ3n) is 3.00. The van der Waals surface area contributed by atoms with Crippen LogP contribution in [0.1, 0.15) is 26.6 Å². The lowest BCUT2D eigenvalue weighted by Crippen LogP contribution is -2.40. The van der Waals surface area contributed by atoms with Crippen LogP contribution in [-0.4, -0.2) is 16.2 Å². The first-order valence-corrected chi connectivity index (χ1v) is 4.80. The second kappa shape index (κ2) is 2.84. The molecule has 13 heavy (non-hydrogen) atoms. The van der Waals surface area contributed by atoms with E-state index in [-0.39, 0.29) is 5.60 Å². The van der Waals surface area contributed by atoms with Crippen molar-refractivity contribution in [3.05, 3.63) is 18.2 Å². The van der Waals surface area contributed by atoms with Crippen LogP contribution in [0, 0.1) is 5.92 Å². The van der Waals surface area contributed by atoms with Crippen LogP contribution < -0.4 is 0 Å². The molecule has 1 atom stereocenters. The molecule has 1 aliphatic rings. The minimum Gasteiger partial charge on any atom is -0.365 e. The second-order valence-electron chi connectivity index (χ2n) is 4.05. The summed E-state index contributed by atoms with van der Waals surface area (Å²) in [6.45, 7) is 8.18. The molecule has 3 nitrogen and oxygen atoms in total. The SMILES string of the molecule is CC(C)C1(C)OCCn2ccnc21. The molecule has 0 amide bonds. The predicted octanol–water partition coefficient (Wildman–Crippen LogP) is 1.78. The van der Waals surface area contributed by atoms with Crippen molar-refractivity contribution in [2.24, 2.45) is 5.92 Å². The van der Waals surface area contributed by atoms with Gasteiger partial charge >= 0.3 is 0 Å². The van der Waals surface area contributed by atoms with Crippen molar-refractivity contribution in [3.8, 4) is 0 Å². The number of aromatic nitrogens is 2. The topological polar surface area (TPSA) is 27.1 Å². The van der Waals surface area contributed by atoms with Crippen molar-refractivity contribution in [2.45, 2.75) is 32.9 Å². The van der Waals surface area contributed by atoms with E-state index in [0.29, 0.717) is 5.92 Å². The summed E-state index contributed by atoms with van der Waals surface area (Å²) in [7, 11) is 0. The van der Waals surface area contributed by atoms with Gasteiger partial charge in [-0.15, -0.1) is 0 Å². The maximum absolute atomic E-state index is 5.83. The molecule has 1 aliphatic heterocycles. The van der Waals surface area contributed by atoms with Crippen molar-refractivity contribution in [1.29, 1.82) is 0 Å². The van der Waals surface area contributed by atoms with Crippen molar-refractivity contribution in [3.63, 3.8) is 0 Å². The second-order valence-corrected chi connectivity index (χ2v) is 4.05. The standard InChI is InChI=1S/C10H16N2O/c1-8(2)10(3)9-11-4-5-12(9)6-7-13-10/h4-5,8H,6-7H2,1-3H3. The normalized spacial score (nSPS) is 27.7. The Hall–Kier alpha value is -0.830.